The second-order valence-corrected chi connectivity index (χ2v) is 2.57. The number of likely N-dealkylation sites (N-methyl/N-ethyl adjacent to an activating group) is 1. The van der Waals surface area contributed by atoms with Gasteiger partial charge in [0.1, 0.15) is 0 Å². The Hall–Kier alpha value is 0.210. The van der Waals surface area contributed by atoms with Crippen molar-refractivity contribution < 1.29 is 0 Å². The molecule has 0 saturated carbocycles. The van der Waals surface area contributed by atoms with E-state index in [0.29, 0.717) is 24.4 Å². The van der Waals surface area contributed by atoms with Gasteiger partial charge in [0.2, 0.25) is 0 Å². The molecule has 0 rings (SSSR count). The Balaban J connectivity index is 3.50. The topological polar surface area (TPSA) is 38.0 Å². The van der Waals surface area contributed by atoms with Crippen LogP contribution in [0.15, 0.2) is 0 Å². The predicted octanol–water partition coefficient (Wildman–Crippen LogP) is 0.408. The number of rotatable bonds is 4. The molecule has 0 aliphatic heterocycles. The van der Waals surface area contributed by atoms with E-state index in [9.17, 15) is 0 Å². The quantitative estimate of drug-likeness (QED) is 0.570. The smallest absolute Gasteiger partial charge is 0.0264 e. The van der Waals surface area contributed by atoms with Gasteiger partial charge < -0.3 is 11.1 Å². The molecule has 0 heterocycles. The molecular weight excluding hydrogens is 136 g/mol. The van der Waals surface area contributed by atoms with Gasteiger partial charge in [0.05, 0.1) is 0 Å². The summed E-state index contributed by atoms with van der Waals surface area (Å²) in [6, 6.07) is 0.363. The second-order valence-electron chi connectivity index (χ2n) is 2.26. The van der Waals surface area contributed by atoms with Gasteiger partial charge in [-0.25, -0.2) is 0 Å². The van der Waals surface area contributed by atoms with Gasteiger partial charge in [-0.05, 0) is 13.0 Å². The molecule has 0 fully saturated rings. The molecular formula is C6H15ClN2. The Labute approximate surface area is 61.8 Å². The van der Waals surface area contributed by atoms with Gasteiger partial charge >= 0.3 is 0 Å². The van der Waals surface area contributed by atoms with E-state index >= 15 is 0 Å². The first kappa shape index (κ1) is 9.21. The third-order valence-corrected chi connectivity index (χ3v) is 2.04. The van der Waals surface area contributed by atoms with Gasteiger partial charge in [0.25, 0.3) is 0 Å². The van der Waals surface area contributed by atoms with Crippen molar-refractivity contribution in [3.63, 3.8) is 0 Å². The Morgan fingerprint density at radius 1 is 1.67 bits per heavy atom. The van der Waals surface area contributed by atoms with Crippen LogP contribution in [-0.4, -0.2) is 25.5 Å². The molecule has 0 amide bonds. The molecule has 0 aromatic heterocycles. The molecule has 0 aliphatic carbocycles. The van der Waals surface area contributed by atoms with Crippen LogP contribution in [0.2, 0.25) is 0 Å². The standard InChI is InChI=1S/C6H15ClN2/c1-5(3-7)6(4-8)9-2/h5-6,9H,3-4,8H2,1-2H3. The number of halogens is 1. The van der Waals surface area contributed by atoms with Crippen molar-refractivity contribution in [2.24, 2.45) is 11.7 Å². The van der Waals surface area contributed by atoms with Crippen molar-refractivity contribution in [2.75, 3.05) is 19.5 Å². The van der Waals surface area contributed by atoms with Crippen LogP contribution in [0.5, 0.6) is 0 Å². The van der Waals surface area contributed by atoms with Gasteiger partial charge in [0.15, 0.2) is 0 Å². The molecule has 0 bridgehead atoms. The van der Waals surface area contributed by atoms with E-state index in [2.05, 4.69) is 12.2 Å². The summed E-state index contributed by atoms with van der Waals surface area (Å²) in [6.45, 7) is 2.74. The molecule has 0 radical (unpaired) electrons. The van der Waals surface area contributed by atoms with Crippen LogP contribution in [0, 0.1) is 5.92 Å². The van der Waals surface area contributed by atoms with E-state index < -0.39 is 0 Å². The maximum atomic E-state index is 5.61. The molecule has 3 heteroatoms. The van der Waals surface area contributed by atoms with Gasteiger partial charge in [-0.15, -0.1) is 11.6 Å². The zero-order chi connectivity index (χ0) is 7.28. The maximum absolute atomic E-state index is 5.61. The number of nitrogens with one attached hydrogen (secondary N) is 1. The first-order valence-electron chi connectivity index (χ1n) is 3.19. The zero-order valence-corrected chi connectivity index (χ0v) is 6.78. The molecule has 2 atom stereocenters. The molecule has 9 heavy (non-hydrogen) atoms. The molecule has 0 aliphatic rings. The third-order valence-electron chi connectivity index (χ3n) is 1.56. The van der Waals surface area contributed by atoms with E-state index in [1.807, 2.05) is 7.05 Å². The fourth-order valence-electron chi connectivity index (χ4n) is 0.742. The minimum atomic E-state index is 0.363. The predicted molar refractivity (Wildman–Crippen MR) is 41.8 cm³/mol. The Morgan fingerprint density at radius 2 is 2.22 bits per heavy atom. The molecule has 3 N–H and O–H groups in total. The molecule has 56 valence electrons. The van der Waals surface area contributed by atoms with Crippen LogP contribution in [-0.2, 0) is 0 Å². The van der Waals surface area contributed by atoms with Crippen LogP contribution in [0.1, 0.15) is 6.92 Å². The highest BCUT2D eigenvalue weighted by molar-refractivity contribution is 6.18. The number of hydrogen-bond donors (Lipinski definition) is 2. The highest BCUT2D eigenvalue weighted by Gasteiger charge is 2.10. The third kappa shape index (κ3) is 3.04. The lowest BCUT2D eigenvalue weighted by molar-refractivity contribution is 0.439. The Morgan fingerprint density at radius 3 is 2.33 bits per heavy atom. The Bertz CT molecular complexity index is 64.1. The summed E-state index contributed by atoms with van der Waals surface area (Å²) in [7, 11) is 1.90. The van der Waals surface area contributed by atoms with E-state index in [4.69, 9.17) is 17.3 Å². The summed E-state index contributed by atoms with van der Waals surface area (Å²) in [5, 5.41) is 3.09. The lowest BCUT2D eigenvalue weighted by Gasteiger charge is -2.18. The summed E-state index contributed by atoms with van der Waals surface area (Å²) in [6.07, 6.45) is 0. The van der Waals surface area contributed by atoms with Crippen molar-refractivity contribution >= 4 is 11.6 Å². The van der Waals surface area contributed by atoms with Crippen molar-refractivity contribution in [3.05, 3.63) is 0 Å². The largest absolute Gasteiger partial charge is 0.329 e. The van der Waals surface area contributed by atoms with Gasteiger partial charge in [-0.1, -0.05) is 6.92 Å². The fourth-order valence-corrected chi connectivity index (χ4v) is 0.957. The van der Waals surface area contributed by atoms with E-state index in [1.165, 1.54) is 0 Å². The molecule has 0 aromatic carbocycles. The monoisotopic (exact) mass is 150 g/mol. The molecule has 2 nitrogen and oxygen atoms in total. The van der Waals surface area contributed by atoms with E-state index in [-0.39, 0.29) is 0 Å². The Kier molecular flexibility index (Phi) is 5.15. The van der Waals surface area contributed by atoms with Crippen molar-refractivity contribution in [2.45, 2.75) is 13.0 Å². The number of alkyl halides is 1. The summed E-state index contributed by atoms with van der Waals surface area (Å²) in [5.74, 6) is 1.13. The maximum Gasteiger partial charge on any atom is 0.0264 e. The summed E-state index contributed by atoms with van der Waals surface area (Å²) >= 11 is 5.61. The van der Waals surface area contributed by atoms with Crippen LogP contribution >= 0.6 is 11.6 Å². The number of hydrogen-bond acceptors (Lipinski definition) is 2. The summed E-state index contributed by atoms with van der Waals surface area (Å²) < 4.78 is 0. The van der Waals surface area contributed by atoms with Crippen molar-refractivity contribution in [1.29, 1.82) is 0 Å². The second kappa shape index (κ2) is 5.03. The fraction of sp³-hybridized carbons (Fsp3) is 1.00. The summed E-state index contributed by atoms with van der Waals surface area (Å²) in [5.41, 5.74) is 5.44. The highest BCUT2D eigenvalue weighted by atomic mass is 35.5. The van der Waals surface area contributed by atoms with Gasteiger partial charge in [-0.3, -0.25) is 0 Å². The van der Waals surface area contributed by atoms with Crippen LogP contribution < -0.4 is 11.1 Å². The molecule has 0 saturated heterocycles. The lowest BCUT2D eigenvalue weighted by Crippen LogP contribution is -2.39. The van der Waals surface area contributed by atoms with Crippen LogP contribution in [0.4, 0.5) is 0 Å². The first-order chi connectivity index (χ1) is 4.26. The highest BCUT2D eigenvalue weighted by Crippen LogP contribution is 2.02. The minimum absolute atomic E-state index is 0.363. The average Bonchev–Trinajstić information content (AvgIpc) is 1.90. The van der Waals surface area contributed by atoms with Crippen LogP contribution in [0.25, 0.3) is 0 Å². The lowest BCUT2D eigenvalue weighted by atomic mass is 10.1. The van der Waals surface area contributed by atoms with Crippen LogP contribution in [0.3, 0.4) is 0 Å². The van der Waals surface area contributed by atoms with Gasteiger partial charge in [-0.2, -0.15) is 0 Å². The number of nitrogens with two attached hydrogens (primary N) is 1. The molecule has 0 aromatic rings. The normalized spacial score (nSPS) is 17.3. The van der Waals surface area contributed by atoms with E-state index in [0.717, 1.165) is 0 Å². The molecule has 2 unspecified atom stereocenters. The van der Waals surface area contributed by atoms with Crippen molar-refractivity contribution in [3.8, 4) is 0 Å². The van der Waals surface area contributed by atoms with E-state index in [1.54, 1.807) is 0 Å². The average molecular weight is 151 g/mol. The molecule has 0 spiro atoms. The first-order valence-corrected chi connectivity index (χ1v) is 3.73. The van der Waals surface area contributed by atoms with Crippen molar-refractivity contribution in [1.82, 2.24) is 5.32 Å². The summed E-state index contributed by atoms with van der Waals surface area (Å²) in [4.78, 5) is 0. The SMILES string of the molecule is CNC(CN)C(C)CCl. The zero-order valence-electron chi connectivity index (χ0n) is 6.02. The minimum Gasteiger partial charge on any atom is -0.329 e. The van der Waals surface area contributed by atoms with Gasteiger partial charge in [0, 0.05) is 18.5 Å².